The largest absolute Gasteiger partial charge is 0.398 e. The van der Waals surface area contributed by atoms with Crippen LogP contribution in [0.4, 0.5) is 11.5 Å². The number of hydrogen-bond donors (Lipinski definition) is 2. The van der Waals surface area contributed by atoms with E-state index in [9.17, 15) is 4.79 Å². The van der Waals surface area contributed by atoms with Crippen LogP contribution in [0.5, 0.6) is 0 Å². The van der Waals surface area contributed by atoms with E-state index in [-0.39, 0.29) is 11.6 Å². The molecule has 0 spiro atoms. The fraction of sp³-hybridized carbons (Fsp3) is 0.143. The van der Waals surface area contributed by atoms with Crippen molar-refractivity contribution in [2.45, 2.75) is 13.8 Å². The molecule has 1 aromatic carbocycles. The van der Waals surface area contributed by atoms with Gasteiger partial charge in [0.05, 0.1) is 5.56 Å². The van der Waals surface area contributed by atoms with Crippen LogP contribution in [0.25, 0.3) is 0 Å². The summed E-state index contributed by atoms with van der Waals surface area (Å²) in [7, 11) is 0. The van der Waals surface area contributed by atoms with Crippen LogP contribution >= 0.6 is 0 Å². The number of rotatable bonds is 2. The second-order valence-corrected chi connectivity index (χ2v) is 4.37. The summed E-state index contributed by atoms with van der Waals surface area (Å²) in [6.45, 7) is 3.77. The first kappa shape index (κ1) is 12.1. The van der Waals surface area contributed by atoms with Gasteiger partial charge in [0.1, 0.15) is 5.82 Å². The molecular formula is C14H15N3O. The van der Waals surface area contributed by atoms with Gasteiger partial charge in [-0.3, -0.25) is 4.79 Å². The van der Waals surface area contributed by atoms with Crippen LogP contribution in [0.2, 0.25) is 0 Å². The fourth-order valence-corrected chi connectivity index (χ4v) is 1.77. The van der Waals surface area contributed by atoms with E-state index in [0.717, 1.165) is 11.1 Å². The summed E-state index contributed by atoms with van der Waals surface area (Å²) in [5.74, 6) is 0.0383. The lowest BCUT2D eigenvalue weighted by molar-refractivity contribution is 0.104. The van der Waals surface area contributed by atoms with Crippen molar-refractivity contribution in [3.05, 3.63) is 52.7 Å². The van der Waals surface area contributed by atoms with Gasteiger partial charge in [-0.25, -0.2) is 4.98 Å². The highest BCUT2D eigenvalue weighted by atomic mass is 16.1. The summed E-state index contributed by atoms with van der Waals surface area (Å²) < 4.78 is 0. The van der Waals surface area contributed by atoms with Crippen LogP contribution in [0.15, 0.2) is 30.5 Å². The molecule has 0 aliphatic heterocycles. The van der Waals surface area contributed by atoms with Gasteiger partial charge in [-0.2, -0.15) is 0 Å². The van der Waals surface area contributed by atoms with E-state index in [4.69, 9.17) is 11.5 Å². The van der Waals surface area contributed by atoms with Gasteiger partial charge in [0.2, 0.25) is 0 Å². The van der Waals surface area contributed by atoms with Crippen molar-refractivity contribution < 1.29 is 4.79 Å². The number of aromatic nitrogens is 1. The molecule has 0 aliphatic carbocycles. The molecule has 2 rings (SSSR count). The molecule has 0 saturated carbocycles. The van der Waals surface area contributed by atoms with Crippen LogP contribution < -0.4 is 11.5 Å². The number of ketones is 1. The molecule has 1 heterocycles. The van der Waals surface area contributed by atoms with Crippen molar-refractivity contribution in [3.8, 4) is 0 Å². The van der Waals surface area contributed by atoms with Gasteiger partial charge in [-0.1, -0.05) is 11.6 Å². The molecule has 0 fully saturated rings. The van der Waals surface area contributed by atoms with E-state index in [0.29, 0.717) is 16.8 Å². The maximum absolute atomic E-state index is 12.4. The van der Waals surface area contributed by atoms with Crippen LogP contribution in [0.1, 0.15) is 27.0 Å². The topological polar surface area (TPSA) is 82.0 Å². The van der Waals surface area contributed by atoms with Crippen LogP contribution in [0.3, 0.4) is 0 Å². The van der Waals surface area contributed by atoms with Crippen molar-refractivity contribution in [1.29, 1.82) is 0 Å². The molecule has 92 valence electrons. The summed E-state index contributed by atoms with van der Waals surface area (Å²) >= 11 is 0. The molecule has 0 amide bonds. The minimum Gasteiger partial charge on any atom is -0.398 e. The number of aryl methyl sites for hydroxylation is 2. The second-order valence-electron chi connectivity index (χ2n) is 4.37. The van der Waals surface area contributed by atoms with Gasteiger partial charge in [0, 0.05) is 17.4 Å². The zero-order chi connectivity index (χ0) is 13.3. The molecule has 4 nitrogen and oxygen atoms in total. The minimum absolute atomic E-state index is 0.190. The third kappa shape index (κ3) is 2.18. The summed E-state index contributed by atoms with van der Waals surface area (Å²) in [5.41, 5.74) is 14.8. The molecule has 2 aromatic rings. The fourth-order valence-electron chi connectivity index (χ4n) is 1.77. The molecule has 0 bridgehead atoms. The molecule has 4 heteroatoms. The molecule has 0 saturated heterocycles. The maximum Gasteiger partial charge on any atom is 0.198 e. The number of carbonyl (C=O) groups is 1. The molecule has 1 aromatic heterocycles. The van der Waals surface area contributed by atoms with Gasteiger partial charge >= 0.3 is 0 Å². The van der Waals surface area contributed by atoms with Gasteiger partial charge < -0.3 is 11.5 Å². The van der Waals surface area contributed by atoms with Crippen molar-refractivity contribution in [1.82, 2.24) is 4.98 Å². The lowest BCUT2D eigenvalue weighted by Gasteiger charge is -2.08. The number of pyridine rings is 1. The highest BCUT2D eigenvalue weighted by molar-refractivity contribution is 6.14. The third-order valence-corrected chi connectivity index (χ3v) is 2.75. The Balaban J connectivity index is 2.54. The summed E-state index contributed by atoms with van der Waals surface area (Å²) in [6.07, 6.45) is 1.63. The highest BCUT2D eigenvalue weighted by Crippen LogP contribution is 2.21. The average molecular weight is 241 g/mol. The van der Waals surface area contributed by atoms with Gasteiger partial charge in [-0.05, 0) is 37.6 Å². The van der Waals surface area contributed by atoms with E-state index < -0.39 is 0 Å². The van der Waals surface area contributed by atoms with Gasteiger partial charge in [0.15, 0.2) is 5.78 Å². The molecule has 18 heavy (non-hydrogen) atoms. The number of carbonyl (C=O) groups excluding carboxylic acids is 1. The Morgan fingerprint density at radius 2 is 1.72 bits per heavy atom. The zero-order valence-corrected chi connectivity index (χ0v) is 10.4. The van der Waals surface area contributed by atoms with Gasteiger partial charge in [-0.15, -0.1) is 0 Å². The molecular weight excluding hydrogens is 226 g/mol. The predicted molar refractivity (Wildman–Crippen MR) is 72.4 cm³/mol. The molecule has 0 radical (unpaired) electrons. The first-order valence-corrected chi connectivity index (χ1v) is 5.62. The second kappa shape index (κ2) is 4.49. The molecule has 0 aliphatic rings. The van der Waals surface area contributed by atoms with E-state index in [2.05, 4.69) is 4.98 Å². The van der Waals surface area contributed by atoms with Crippen molar-refractivity contribution in [2.75, 3.05) is 11.5 Å². The minimum atomic E-state index is -0.190. The quantitative estimate of drug-likeness (QED) is 0.623. The number of nitrogen functional groups attached to an aromatic ring is 2. The Hall–Kier alpha value is -2.36. The lowest BCUT2D eigenvalue weighted by Crippen LogP contribution is -2.10. The summed E-state index contributed by atoms with van der Waals surface area (Å²) in [6, 6.07) is 7.08. The number of nitrogens with two attached hydrogens (primary N) is 2. The molecule has 0 unspecified atom stereocenters. The zero-order valence-electron chi connectivity index (χ0n) is 10.4. The number of nitrogens with zero attached hydrogens (tertiary/aromatic N) is 1. The lowest BCUT2D eigenvalue weighted by atomic mass is 9.99. The summed E-state index contributed by atoms with van der Waals surface area (Å²) in [4.78, 5) is 16.4. The third-order valence-electron chi connectivity index (χ3n) is 2.75. The Morgan fingerprint density at radius 1 is 1.06 bits per heavy atom. The Kier molecular flexibility index (Phi) is 3.02. The first-order valence-electron chi connectivity index (χ1n) is 5.62. The van der Waals surface area contributed by atoms with Gasteiger partial charge in [0.25, 0.3) is 0 Å². The Bertz CT molecular complexity index is 567. The Labute approximate surface area is 106 Å². The number of benzene rings is 1. The average Bonchev–Trinajstić information content (AvgIpc) is 2.34. The van der Waals surface area contributed by atoms with Crippen LogP contribution in [0, 0.1) is 13.8 Å². The van der Waals surface area contributed by atoms with Crippen molar-refractivity contribution in [3.63, 3.8) is 0 Å². The number of anilines is 2. The van der Waals surface area contributed by atoms with E-state index in [1.165, 1.54) is 0 Å². The van der Waals surface area contributed by atoms with Crippen LogP contribution in [-0.4, -0.2) is 10.8 Å². The summed E-state index contributed by atoms with van der Waals surface area (Å²) in [5, 5.41) is 0. The standard InChI is InChI=1S/C14H15N3O/c1-8-3-4-12(15)10(5-8)13(18)11-6-9(2)7-17-14(11)16/h3-7H,15H2,1-2H3,(H2,16,17). The molecule has 0 atom stereocenters. The van der Waals surface area contributed by atoms with E-state index >= 15 is 0 Å². The van der Waals surface area contributed by atoms with Crippen molar-refractivity contribution in [2.24, 2.45) is 0 Å². The normalized spacial score (nSPS) is 10.3. The van der Waals surface area contributed by atoms with Crippen LogP contribution in [-0.2, 0) is 0 Å². The van der Waals surface area contributed by atoms with E-state index in [1.807, 2.05) is 19.9 Å². The predicted octanol–water partition coefficient (Wildman–Crippen LogP) is 2.09. The monoisotopic (exact) mass is 241 g/mol. The maximum atomic E-state index is 12.4. The van der Waals surface area contributed by atoms with E-state index in [1.54, 1.807) is 24.4 Å². The number of hydrogen-bond acceptors (Lipinski definition) is 4. The first-order chi connectivity index (χ1) is 8.49. The molecule has 4 N–H and O–H groups in total. The highest BCUT2D eigenvalue weighted by Gasteiger charge is 2.16. The van der Waals surface area contributed by atoms with Crippen molar-refractivity contribution >= 4 is 17.3 Å². The SMILES string of the molecule is Cc1ccc(N)c(C(=O)c2cc(C)cnc2N)c1. The Morgan fingerprint density at radius 3 is 2.44 bits per heavy atom. The smallest absolute Gasteiger partial charge is 0.198 e.